The minimum absolute atomic E-state index is 0.135. The Morgan fingerprint density at radius 1 is 1.12 bits per heavy atom. The molecule has 0 atom stereocenters. The summed E-state index contributed by atoms with van der Waals surface area (Å²) in [6.07, 6.45) is -2.56. The molecule has 0 bridgehead atoms. The fraction of sp³-hybridized carbons (Fsp3) is 0.143. The molecule has 2 nitrogen and oxygen atoms in total. The van der Waals surface area contributed by atoms with E-state index in [0.29, 0.717) is 16.0 Å². The predicted octanol–water partition coefficient (Wildman–Crippen LogP) is 6.14. The van der Waals surface area contributed by atoms with E-state index in [1.54, 1.807) is 0 Å². The molecule has 0 spiro atoms. The highest BCUT2D eigenvalue weighted by Gasteiger charge is 2.17. The third-order valence-electron chi connectivity index (χ3n) is 1.52. The van der Waals surface area contributed by atoms with Crippen LogP contribution >= 0.6 is 76.8 Å². The maximum atomic E-state index is 12.6. The van der Waals surface area contributed by atoms with E-state index in [2.05, 4.69) is 15.9 Å². The van der Waals surface area contributed by atoms with Gasteiger partial charge in [-0.15, -0.1) is 0 Å². The second-order valence-electron chi connectivity index (χ2n) is 2.42. The molecule has 0 amide bonds. The maximum absolute atomic E-state index is 12.6. The number of alkyl halides is 2. The van der Waals surface area contributed by atoms with Gasteiger partial charge in [0.15, 0.2) is 11.5 Å². The van der Waals surface area contributed by atoms with Gasteiger partial charge < -0.3 is 8.37 Å². The molecular formula is C7H3BrF2I2O2S2. The van der Waals surface area contributed by atoms with Gasteiger partial charge in [-0.05, 0) is 28.1 Å². The fourth-order valence-electron chi connectivity index (χ4n) is 0.908. The van der Waals surface area contributed by atoms with Crippen molar-refractivity contribution in [3.63, 3.8) is 0 Å². The van der Waals surface area contributed by atoms with Crippen LogP contribution in [0.1, 0.15) is 12.0 Å². The van der Waals surface area contributed by atoms with E-state index in [0.717, 1.165) is 18.4 Å². The highest BCUT2D eigenvalue weighted by Crippen LogP contribution is 2.42. The highest BCUT2D eigenvalue weighted by atomic mass is 127. The normalized spacial score (nSPS) is 10.6. The summed E-state index contributed by atoms with van der Waals surface area (Å²) in [4.78, 5) is 0. The van der Waals surface area contributed by atoms with Crippen LogP contribution in [-0.4, -0.2) is 0 Å². The summed E-state index contributed by atoms with van der Waals surface area (Å²) < 4.78 is 36.0. The molecule has 16 heavy (non-hydrogen) atoms. The van der Waals surface area contributed by atoms with E-state index >= 15 is 0 Å². The number of benzene rings is 1. The number of rotatable bonds is 5. The van der Waals surface area contributed by atoms with Crippen LogP contribution in [0.5, 0.6) is 11.5 Å². The van der Waals surface area contributed by atoms with Gasteiger partial charge in [0, 0.05) is 48.0 Å². The molecule has 0 N–H and O–H groups in total. The largest absolute Gasteiger partial charge is 0.414 e. The lowest BCUT2D eigenvalue weighted by atomic mass is 10.2. The van der Waals surface area contributed by atoms with Gasteiger partial charge in [0.1, 0.15) is 22.9 Å². The lowest BCUT2D eigenvalue weighted by molar-refractivity contribution is 0.151. The van der Waals surface area contributed by atoms with Crippen LogP contribution in [0.15, 0.2) is 16.6 Å². The van der Waals surface area contributed by atoms with Crippen molar-refractivity contribution in [1.29, 1.82) is 0 Å². The standard InChI is InChI=1S/C7H3BrF2I2O2S2/c8-6-4(13-15-11)1-3(7(9)10)2-5(6)14-16-12/h1-2,7H. The Labute approximate surface area is 132 Å². The molecule has 1 aromatic rings. The Morgan fingerprint density at radius 2 is 1.56 bits per heavy atom. The first-order valence-corrected chi connectivity index (χ1v) is 11.0. The molecule has 0 heterocycles. The van der Waals surface area contributed by atoms with Crippen molar-refractivity contribution >= 4 is 76.8 Å². The Bertz CT molecular complexity index is 343. The van der Waals surface area contributed by atoms with Crippen molar-refractivity contribution in [2.75, 3.05) is 0 Å². The van der Waals surface area contributed by atoms with Crippen LogP contribution in [0.3, 0.4) is 0 Å². The summed E-state index contributed by atoms with van der Waals surface area (Å²) in [5.74, 6) is 0.635. The molecule has 0 unspecified atom stereocenters. The van der Waals surface area contributed by atoms with Crippen molar-refractivity contribution in [2.24, 2.45) is 0 Å². The fourth-order valence-corrected chi connectivity index (χ4v) is 3.07. The van der Waals surface area contributed by atoms with Gasteiger partial charge in [-0.2, -0.15) is 0 Å². The Balaban J connectivity index is 3.16. The maximum Gasteiger partial charge on any atom is 0.264 e. The minimum Gasteiger partial charge on any atom is -0.414 e. The van der Waals surface area contributed by atoms with Crippen LogP contribution in [0.25, 0.3) is 0 Å². The number of hydrogen-bond donors (Lipinski definition) is 0. The van der Waals surface area contributed by atoms with Gasteiger partial charge in [-0.25, -0.2) is 8.78 Å². The third kappa shape index (κ3) is 4.21. The van der Waals surface area contributed by atoms with E-state index in [4.69, 9.17) is 8.37 Å². The molecule has 0 aliphatic carbocycles. The first-order valence-electron chi connectivity index (χ1n) is 3.62. The molecule has 0 radical (unpaired) electrons. The van der Waals surface area contributed by atoms with Crippen molar-refractivity contribution in [1.82, 2.24) is 0 Å². The minimum atomic E-state index is -2.56. The zero-order valence-corrected chi connectivity index (χ0v) is 14.8. The lowest BCUT2D eigenvalue weighted by Crippen LogP contribution is -1.90. The lowest BCUT2D eigenvalue weighted by Gasteiger charge is -2.10. The average molecular weight is 555 g/mol. The molecule has 9 heteroatoms. The van der Waals surface area contributed by atoms with Crippen molar-refractivity contribution in [2.45, 2.75) is 6.43 Å². The van der Waals surface area contributed by atoms with E-state index in [-0.39, 0.29) is 5.56 Å². The molecule has 1 aromatic carbocycles. The molecule has 0 aliphatic heterocycles. The Kier molecular flexibility index (Phi) is 7.39. The summed E-state index contributed by atoms with van der Waals surface area (Å²) in [5, 5.41) is 0. The van der Waals surface area contributed by atoms with E-state index in [1.807, 2.05) is 42.4 Å². The number of hydrogen-bond acceptors (Lipinski definition) is 4. The molecule has 1 rings (SSSR count). The van der Waals surface area contributed by atoms with Crippen molar-refractivity contribution in [3.05, 3.63) is 22.2 Å². The zero-order chi connectivity index (χ0) is 12.1. The van der Waals surface area contributed by atoms with Crippen LogP contribution < -0.4 is 8.37 Å². The highest BCUT2D eigenvalue weighted by molar-refractivity contribution is 14.2. The van der Waals surface area contributed by atoms with Crippen molar-refractivity contribution < 1.29 is 17.1 Å². The van der Waals surface area contributed by atoms with Gasteiger partial charge in [-0.1, -0.05) is 0 Å². The number of halogens is 5. The summed E-state index contributed by atoms with van der Waals surface area (Å²) in [5.41, 5.74) is -0.135. The van der Waals surface area contributed by atoms with Crippen LogP contribution in [-0.2, 0) is 0 Å². The van der Waals surface area contributed by atoms with E-state index < -0.39 is 6.43 Å². The van der Waals surface area contributed by atoms with E-state index in [9.17, 15) is 8.78 Å². The third-order valence-corrected chi connectivity index (χ3v) is 3.87. The van der Waals surface area contributed by atoms with Gasteiger partial charge >= 0.3 is 0 Å². The summed E-state index contributed by atoms with van der Waals surface area (Å²) >= 11 is 7.06. The first kappa shape index (κ1) is 15.4. The van der Waals surface area contributed by atoms with Gasteiger partial charge in [0.05, 0.1) is 0 Å². The smallest absolute Gasteiger partial charge is 0.264 e. The molecule has 0 saturated carbocycles. The molecule has 90 valence electrons. The monoisotopic (exact) mass is 554 g/mol. The molecule has 0 aliphatic rings. The van der Waals surface area contributed by atoms with Crippen LogP contribution in [0.2, 0.25) is 0 Å². The van der Waals surface area contributed by atoms with Gasteiger partial charge in [0.25, 0.3) is 6.43 Å². The van der Waals surface area contributed by atoms with Crippen LogP contribution in [0, 0.1) is 0 Å². The molecule has 0 aromatic heterocycles. The van der Waals surface area contributed by atoms with Gasteiger partial charge in [-0.3, -0.25) is 0 Å². The van der Waals surface area contributed by atoms with Crippen molar-refractivity contribution in [3.8, 4) is 11.5 Å². The van der Waals surface area contributed by atoms with Gasteiger partial charge in [0.2, 0.25) is 0 Å². The average Bonchev–Trinajstić information content (AvgIpc) is 2.24. The molecule has 0 fully saturated rings. The van der Waals surface area contributed by atoms with Crippen LogP contribution in [0.4, 0.5) is 8.78 Å². The second kappa shape index (κ2) is 7.69. The molecular weight excluding hydrogens is 552 g/mol. The molecule has 0 saturated heterocycles. The summed E-state index contributed by atoms with van der Waals surface area (Å²) in [7, 11) is 2.09. The summed E-state index contributed by atoms with van der Waals surface area (Å²) in [6, 6.07) is 2.57. The van der Waals surface area contributed by atoms with E-state index in [1.165, 1.54) is 12.1 Å². The first-order chi connectivity index (χ1) is 7.60. The zero-order valence-electron chi connectivity index (χ0n) is 7.25. The predicted molar refractivity (Wildman–Crippen MR) is 83.6 cm³/mol. The SMILES string of the molecule is FC(F)c1cc(OSI)c(Br)c(OSI)c1. The summed E-state index contributed by atoms with van der Waals surface area (Å²) in [6.45, 7) is 0. The second-order valence-corrected chi connectivity index (χ2v) is 5.96. The quantitative estimate of drug-likeness (QED) is 0.321. The topological polar surface area (TPSA) is 18.5 Å². The Morgan fingerprint density at radius 3 is 1.88 bits per heavy atom. The Hall–Kier alpha value is 1.32.